The SMILES string of the molecule is F.F.NN.NN. The van der Waals surface area contributed by atoms with Gasteiger partial charge < -0.3 is 0 Å². The lowest BCUT2D eigenvalue weighted by atomic mass is 13.0. The first-order valence-corrected chi connectivity index (χ1v) is 0.667. The van der Waals surface area contributed by atoms with Gasteiger partial charge in [-0.3, -0.25) is 32.8 Å². The molecule has 44 valence electrons. The Balaban J connectivity index is -0.00000000500. The van der Waals surface area contributed by atoms with Gasteiger partial charge in [-0.15, -0.1) is 0 Å². The lowest BCUT2D eigenvalue weighted by molar-refractivity contribution is 1.11. The summed E-state index contributed by atoms with van der Waals surface area (Å²) in [6.07, 6.45) is 0. The van der Waals surface area contributed by atoms with Crippen LogP contribution in [0.1, 0.15) is 0 Å². The average molecular weight is 104 g/mol. The number of halogens is 2. The Morgan fingerprint density at radius 1 is 0.500 bits per heavy atom. The smallest absolute Gasteiger partial charge is 0.269 e. The van der Waals surface area contributed by atoms with E-state index in [1.54, 1.807) is 0 Å². The third-order valence-electron chi connectivity index (χ3n) is 0. The third-order valence-corrected chi connectivity index (χ3v) is 0. The molecular formula is H10F2N4. The molecule has 0 radical (unpaired) electrons. The van der Waals surface area contributed by atoms with E-state index in [0.717, 1.165) is 0 Å². The van der Waals surface area contributed by atoms with Crippen molar-refractivity contribution in [2.24, 2.45) is 23.4 Å². The van der Waals surface area contributed by atoms with Crippen molar-refractivity contribution in [2.75, 3.05) is 0 Å². The van der Waals surface area contributed by atoms with Gasteiger partial charge in [-0.05, 0) is 0 Å². The van der Waals surface area contributed by atoms with Crippen LogP contribution in [-0.2, 0) is 0 Å². The molecule has 0 aromatic rings. The molecule has 0 aliphatic rings. The quantitative estimate of drug-likeness (QED) is 0.209. The molecule has 0 aliphatic carbocycles. The number of hydrazine groups is 2. The van der Waals surface area contributed by atoms with Crippen molar-refractivity contribution in [3.63, 3.8) is 0 Å². The van der Waals surface area contributed by atoms with E-state index in [1.165, 1.54) is 0 Å². The van der Waals surface area contributed by atoms with Crippen LogP contribution in [0, 0.1) is 0 Å². The molecule has 0 spiro atoms. The Morgan fingerprint density at radius 3 is 0.500 bits per heavy atom. The molecule has 6 heteroatoms. The second kappa shape index (κ2) is 715. The van der Waals surface area contributed by atoms with Gasteiger partial charge in [0.2, 0.25) is 0 Å². The fourth-order valence-electron chi connectivity index (χ4n) is 0. The monoisotopic (exact) mass is 104 g/mol. The van der Waals surface area contributed by atoms with Crippen LogP contribution in [0.4, 0.5) is 9.41 Å². The second-order valence-corrected chi connectivity index (χ2v) is 0. The van der Waals surface area contributed by atoms with Crippen LogP contribution in [0.25, 0.3) is 0 Å². The zero-order chi connectivity index (χ0) is 4.00. The zero-order valence-electron chi connectivity index (χ0n) is 3.13. The van der Waals surface area contributed by atoms with Gasteiger partial charge in [0.1, 0.15) is 0 Å². The van der Waals surface area contributed by atoms with E-state index in [0.29, 0.717) is 0 Å². The predicted octanol–water partition coefficient (Wildman–Crippen LogP) is -2.06. The van der Waals surface area contributed by atoms with Crippen molar-refractivity contribution in [3.8, 4) is 0 Å². The largest absolute Gasteiger partial charge is 0.274 e. The Bertz CT molecular complexity index is 5.51. The van der Waals surface area contributed by atoms with E-state index >= 15 is 0 Å². The second-order valence-electron chi connectivity index (χ2n) is 0. The Labute approximate surface area is 34.1 Å². The highest BCUT2D eigenvalue weighted by molar-refractivity contribution is 3.26. The van der Waals surface area contributed by atoms with Crippen LogP contribution >= 0.6 is 0 Å². The lowest BCUT2D eigenvalue weighted by Crippen LogP contribution is -2.02. The molecule has 0 atom stereocenters. The third kappa shape index (κ3) is 300. The molecule has 0 saturated heterocycles. The summed E-state index contributed by atoms with van der Waals surface area (Å²) in [4.78, 5) is 0. The van der Waals surface area contributed by atoms with Crippen molar-refractivity contribution in [1.82, 2.24) is 0 Å². The molecule has 0 heterocycles. The maximum atomic E-state index is 4.00. The first-order chi connectivity index (χ1) is 2.00. The topological polar surface area (TPSA) is 104 Å². The molecule has 0 unspecified atom stereocenters. The fourth-order valence-corrected chi connectivity index (χ4v) is 0. The van der Waals surface area contributed by atoms with Crippen LogP contribution in [0.3, 0.4) is 0 Å². The predicted molar refractivity (Wildman–Crippen MR) is 21.8 cm³/mol. The fraction of sp³-hybridized carbons (Fsp3) is 0. The van der Waals surface area contributed by atoms with Crippen LogP contribution in [-0.4, -0.2) is 0 Å². The van der Waals surface area contributed by atoms with E-state index < -0.39 is 0 Å². The average Bonchev–Trinajstić information content (AvgIpc) is 1.50. The summed E-state index contributed by atoms with van der Waals surface area (Å²) < 4.78 is 0. The van der Waals surface area contributed by atoms with E-state index in [1.807, 2.05) is 0 Å². The van der Waals surface area contributed by atoms with Crippen molar-refractivity contribution in [3.05, 3.63) is 0 Å². The van der Waals surface area contributed by atoms with Gasteiger partial charge in [0.05, 0.1) is 0 Å². The van der Waals surface area contributed by atoms with E-state index in [9.17, 15) is 0 Å². The van der Waals surface area contributed by atoms with Gasteiger partial charge in [-0.25, -0.2) is 0 Å². The highest BCUT2D eigenvalue weighted by atomic mass is 19.0. The Morgan fingerprint density at radius 2 is 0.500 bits per heavy atom. The number of hydrogen-bond acceptors (Lipinski definition) is 4. The van der Waals surface area contributed by atoms with Gasteiger partial charge in [0.15, 0.2) is 0 Å². The normalized spacial score (nSPS) is 2.00. The Hall–Kier alpha value is -0.300. The van der Waals surface area contributed by atoms with Gasteiger partial charge in [0, 0.05) is 0 Å². The van der Waals surface area contributed by atoms with Gasteiger partial charge >= 0.3 is 0 Å². The molecule has 0 saturated carbocycles. The van der Waals surface area contributed by atoms with Crippen molar-refractivity contribution in [2.45, 2.75) is 0 Å². The maximum Gasteiger partial charge on any atom is -0.269 e. The minimum atomic E-state index is 0. The summed E-state index contributed by atoms with van der Waals surface area (Å²) in [6, 6.07) is 0. The molecule has 0 aromatic heterocycles. The molecule has 6 heavy (non-hydrogen) atoms. The van der Waals surface area contributed by atoms with E-state index in [-0.39, 0.29) is 9.41 Å². The van der Waals surface area contributed by atoms with Gasteiger partial charge in [0.25, 0.3) is 0 Å². The number of rotatable bonds is 0. The van der Waals surface area contributed by atoms with Crippen LogP contribution in [0.2, 0.25) is 0 Å². The zero-order valence-corrected chi connectivity index (χ0v) is 3.13. The summed E-state index contributed by atoms with van der Waals surface area (Å²) >= 11 is 0. The molecule has 8 N–H and O–H groups in total. The standard InChI is InChI=1S/2FH.2H4N2/c;;2*1-2/h2*1H;2*1-2H2. The molecule has 0 aliphatic heterocycles. The molecule has 0 amide bonds. The molecule has 0 bridgehead atoms. The lowest BCUT2D eigenvalue weighted by Gasteiger charge is -1.27. The first-order valence-electron chi connectivity index (χ1n) is 0.667. The minimum absolute atomic E-state index is 0. The highest BCUT2D eigenvalue weighted by Crippen LogP contribution is 0.421. The van der Waals surface area contributed by atoms with Gasteiger partial charge in [-0.2, -0.15) is 0 Å². The first kappa shape index (κ1) is 43.6. The molecule has 0 fully saturated rings. The van der Waals surface area contributed by atoms with Crippen molar-refractivity contribution >= 4 is 0 Å². The van der Waals surface area contributed by atoms with Crippen LogP contribution < -0.4 is 23.4 Å². The summed E-state index contributed by atoms with van der Waals surface area (Å²) in [5.74, 6) is 16.0. The van der Waals surface area contributed by atoms with Crippen molar-refractivity contribution in [1.29, 1.82) is 0 Å². The molecule has 4 nitrogen and oxygen atoms in total. The summed E-state index contributed by atoms with van der Waals surface area (Å²) in [6.45, 7) is 0. The maximum absolute atomic E-state index is 4.00. The molecule has 0 aromatic carbocycles. The highest BCUT2D eigenvalue weighted by Gasteiger charge is 0.728. The summed E-state index contributed by atoms with van der Waals surface area (Å²) in [7, 11) is 0. The molecule has 0 rings (SSSR count). The number of nitrogens with two attached hydrogens (primary N) is 4. The minimum Gasteiger partial charge on any atom is -0.274 e. The summed E-state index contributed by atoms with van der Waals surface area (Å²) in [5, 5.41) is 0. The number of hydrogen-bond donors (Lipinski definition) is 4. The van der Waals surface area contributed by atoms with Crippen molar-refractivity contribution < 1.29 is 9.41 Å². The summed E-state index contributed by atoms with van der Waals surface area (Å²) in [5.41, 5.74) is 0. The Kier molecular flexibility index (Phi) is 5190. The van der Waals surface area contributed by atoms with Gasteiger partial charge in [-0.1, -0.05) is 0 Å². The van der Waals surface area contributed by atoms with Crippen LogP contribution in [0.15, 0.2) is 0 Å². The molecular weight excluding hydrogens is 94.0 g/mol. The van der Waals surface area contributed by atoms with Crippen LogP contribution in [0.5, 0.6) is 0 Å². The van der Waals surface area contributed by atoms with E-state index in [4.69, 9.17) is 0 Å². The van der Waals surface area contributed by atoms with E-state index in [2.05, 4.69) is 23.4 Å².